The summed E-state index contributed by atoms with van der Waals surface area (Å²) in [7, 11) is 0. The molecule has 0 saturated carbocycles. The molecule has 0 bridgehead atoms. The minimum atomic E-state index is -4.65. The normalized spacial score (nSPS) is 12.6. The smallest absolute Gasteiger partial charge is 0.329 e. The first-order valence-corrected chi connectivity index (χ1v) is 11.1. The van der Waals surface area contributed by atoms with E-state index in [0.29, 0.717) is 6.04 Å². The van der Waals surface area contributed by atoms with Crippen LogP contribution in [0, 0.1) is 0 Å². The maximum atomic E-state index is 12.6. The van der Waals surface area contributed by atoms with Gasteiger partial charge in [0.2, 0.25) is 0 Å². The van der Waals surface area contributed by atoms with Crippen LogP contribution in [0.15, 0.2) is 22.7 Å². The van der Waals surface area contributed by atoms with E-state index in [2.05, 4.69) is 45.3 Å². The number of imidazole rings is 1. The molecule has 0 aliphatic rings. The lowest BCUT2D eigenvalue weighted by atomic mass is 10.1. The molecule has 6 nitrogen and oxygen atoms in total. The molecule has 0 fully saturated rings. The third kappa shape index (κ3) is 6.41. The Kier molecular flexibility index (Phi) is 8.06. The number of benzene rings is 1. The lowest BCUT2D eigenvalue weighted by Crippen LogP contribution is -2.27. The Labute approximate surface area is 185 Å². The van der Waals surface area contributed by atoms with E-state index in [9.17, 15) is 13.2 Å². The quantitative estimate of drug-likeness (QED) is 0.379. The molecule has 0 spiro atoms. The number of fused-ring (bicyclic) bond motifs is 1. The Balaban J connectivity index is 1.80. The minimum Gasteiger partial charge on any atom is -0.329 e. The van der Waals surface area contributed by atoms with Crippen LogP contribution in [0.4, 0.5) is 13.2 Å². The van der Waals surface area contributed by atoms with Crippen molar-refractivity contribution >= 4 is 23.2 Å². The molecule has 0 atom stereocenters. The summed E-state index contributed by atoms with van der Waals surface area (Å²) in [6.45, 7) is 8.12. The summed E-state index contributed by atoms with van der Waals surface area (Å²) in [5, 5.41) is 6.81. The topological polar surface area (TPSA) is 68.8 Å². The fourth-order valence-corrected chi connectivity index (χ4v) is 3.50. The zero-order valence-corrected chi connectivity index (χ0v) is 18.7. The standard InChI is InChI=1S/C23H30F3N5O/c1-4-5-6-7-8-21-28-18-15-17(9-11-19(18)31(21)14-13-27-16(2)3)10-12-20-29-22(32-30-20)23(24,25)26/h9-12,15-16,27H,4-8,13-14H2,1-3H3/b12-10+. The Morgan fingerprint density at radius 2 is 1.94 bits per heavy atom. The summed E-state index contributed by atoms with van der Waals surface area (Å²) in [5.74, 6) is -0.413. The lowest BCUT2D eigenvalue weighted by molar-refractivity contribution is -0.159. The number of hydrogen-bond donors (Lipinski definition) is 1. The zero-order chi connectivity index (χ0) is 23.1. The second-order valence-electron chi connectivity index (χ2n) is 8.14. The number of rotatable bonds is 11. The van der Waals surface area contributed by atoms with Crippen LogP contribution in [0.1, 0.15) is 69.6 Å². The van der Waals surface area contributed by atoms with Crippen molar-refractivity contribution in [1.82, 2.24) is 25.0 Å². The van der Waals surface area contributed by atoms with Gasteiger partial charge in [0, 0.05) is 25.6 Å². The van der Waals surface area contributed by atoms with Crippen molar-refractivity contribution < 1.29 is 17.7 Å². The number of alkyl halides is 3. The molecule has 3 aromatic rings. The second kappa shape index (κ2) is 10.8. The highest BCUT2D eigenvalue weighted by Crippen LogP contribution is 2.27. The van der Waals surface area contributed by atoms with Crippen LogP contribution in [0.2, 0.25) is 0 Å². The monoisotopic (exact) mass is 449 g/mol. The van der Waals surface area contributed by atoms with Gasteiger partial charge < -0.3 is 14.4 Å². The van der Waals surface area contributed by atoms with Crippen molar-refractivity contribution in [2.24, 2.45) is 0 Å². The highest BCUT2D eigenvalue weighted by Gasteiger charge is 2.38. The van der Waals surface area contributed by atoms with Gasteiger partial charge in [-0.15, -0.1) is 0 Å². The first-order chi connectivity index (χ1) is 15.3. The Hall–Kier alpha value is -2.68. The molecular weight excluding hydrogens is 419 g/mol. The average Bonchev–Trinajstić information content (AvgIpc) is 3.34. The van der Waals surface area contributed by atoms with E-state index < -0.39 is 12.1 Å². The Morgan fingerprint density at radius 1 is 1.12 bits per heavy atom. The van der Waals surface area contributed by atoms with Crippen molar-refractivity contribution in [3.63, 3.8) is 0 Å². The molecule has 174 valence electrons. The molecule has 0 aliphatic carbocycles. The highest BCUT2D eigenvalue weighted by atomic mass is 19.4. The van der Waals surface area contributed by atoms with Crippen molar-refractivity contribution in [3.05, 3.63) is 41.3 Å². The molecule has 32 heavy (non-hydrogen) atoms. The molecule has 1 aromatic carbocycles. The van der Waals surface area contributed by atoms with Crippen LogP contribution >= 0.6 is 0 Å². The maximum Gasteiger partial charge on any atom is 0.471 e. The summed E-state index contributed by atoms with van der Waals surface area (Å²) in [4.78, 5) is 8.22. The van der Waals surface area contributed by atoms with Gasteiger partial charge in [-0.2, -0.15) is 18.2 Å². The van der Waals surface area contributed by atoms with Gasteiger partial charge in [-0.1, -0.05) is 57.3 Å². The van der Waals surface area contributed by atoms with Crippen LogP contribution in [-0.2, 0) is 19.1 Å². The highest BCUT2D eigenvalue weighted by molar-refractivity contribution is 5.81. The van der Waals surface area contributed by atoms with Gasteiger partial charge in [0.15, 0.2) is 5.82 Å². The molecule has 0 amide bonds. The summed E-state index contributed by atoms with van der Waals surface area (Å²) in [6, 6.07) is 6.26. The molecule has 0 aliphatic heterocycles. The van der Waals surface area contributed by atoms with E-state index in [1.54, 1.807) is 6.08 Å². The zero-order valence-electron chi connectivity index (χ0n) is 18.7. The molecule has 2 aromatic heterocycles. The van der Waals surface area contributed by atoms with E-state index in [-0.39, 0.29) is 5.82 Å². The third-order valence-electron chi connectivity index (χ3n) is 5.10. The number of nitrogens with one attached hydrogen (secondary N) is 1. The molecule has 0 saturated heterocycles. The predicted molar refractivity (Wildman–Crippen MR) is 119 cm³/mol. The van der Waals surface area contributed by atoms with E-state index in [4.69, 9.17) is 4.98 Å². The second-order valence-corrected chi connectivity index (χ2v) is 8.14. The van der Waals surface area contributed by atoms with E-state index in [1.807, 2.05) is 18.2 Å². The SMILES string of the molecule is CCCCCCc1nc2cc(/C=C/c3noc(C(F)(F)F)n3)ccc2n1CCNC(C)C. The molecule has 1 N–H and O–H groups in total. The fourth-order valence-electron chi connectivity index (χ4n) is 3.50. The van der Waals surface area contributed by atoms with Gasteiger partial charge in [-0.05, 0) is 30.2 Å². The molecule has 2 heterocycles. The Morgan fingerprint density at radius 3 is 2.62 bits per heavy atom. The fraction of sp³-hybridized carbons (Fsp3) is 0.522. The number of halogens is 3. The first-order valence-electron chi connectivity index (χ1n) is 11.1. The Bertz CT molecular complexity index is 1040. The summed E-state index contributed by atoms with van der Waals surface area (Å²) in [5.41, 5.74) is 2.72. The van der Waals surface area contributed by atoms with Gasteiger partial charge >= 0.3 is 12.1 Å². The van der Waals surface area contributed by atoms with Gasteiger partial charge in [-0.3, -0.25) is 0 Å². The van der Waals surface area contributed by atoms with Crippen molar-refractivity contribution in [3.8, 4) is 0 Å². The molecular formula is C23H30F3N5O. The summed E-state index contributed by atoms with van der Waals surface area (Å²) < 4.78 is 44.3. The van der Waals surface area contributed by atoms with Crippen LogP contribution in [-0.4, -0.2) is 32.3 Å². The van der Waals surface area contributed by atoms with E-state index in [1.165, 1.54) is 25.3 Å². The van der Waals surface area contributed by atoms with Gasteiger partial charge in [0.05, 0.1) is 11.0 Å². The molecule has 3 rings (SSSR count). The lowest BCUT2D eigenvalue weighted by Gasteiger charge is -2.12. The number of nitrogens with zero attached hydrogens (tertiary/aromatic N) is 4. The van der Waals surface area contributed by atoms with Crippen molar-refractivity contribution in [1.29, 1.82) is 0 Å². The number of aromatic nitrogens is 4. The predicted octanol–water partition coefficient (Wildman–Crippen LogP) is 5.73. The molecule has 9 heteroatoms. The molecule has 0 unspecified atom stereocenters. The van der Waals surface area contributed by atoms with Gasteiger partial charge in [-0.25, -0.2) is 4.98 Å². The number of hydrogen-bond acceptors (Lipinski definition) is 5. The van der Waals surface area contributed by atoms with Gasteiger partial charge in [0.1, 0.15) is 5.82 Å². The van der Waals surface area contributed by atoms with Crippen LogP contribution in [0.3, 0.4) is 0 Å². The van der Waals surface area contributed by atoms with Crippen LogP contribution < -0.4 is 5.32 Å². The van der Waals surface area contributed by atoms with Crippen molar-refractivity contribution in [2.45, 2.75) is 71.6 Å². The third-order valence-corrected chi connectivity index (χ3v) is 5.10. The first kappa shape index (κ1) is 24.0. The largest absolute Gasteiger partial charge is 0.471 e. The molecule has 0 radical (unpaired) electrons. The van der Waals surface area contributed by atoms with Crippen LogP contribution in [0.25, 0.3) is 23.2 Å². The maximum absolute atomic E-state index is 12.6. The van der Waals surface area contributed by atoms with Crippen LogP contribution in [0.5, 0.6) is 0 Å². The summed E-state index contributed by atoms with van der Waals surface area (Å²) in [6.07, 6.45) is 4.02. The number of aryl methyl sites for hydroxylation is 1. The number of unbranched alkanes of at least 4 members (excludes halogenated alkanes) is 3. The average molecular weight is 450 g/mol. The van der Waals surface area contributed by atoms with E-state index >= 15 is 0 Å². The van der Waals surface area contributed by atoms with Gasteiger partial charge in [0.25, 0.3) is 0 Å². The van der Waals surface area contributed by atoms with Crippen molar-refractivity contribution in [2.75, 3.05) is 6.54 Å². The summed E-state index contributed by atoms with van der Waals surface area (Å²) >= 11 is 0. The minimum absolute atomic E-state index is 0.126. The van der Waals surface area contributed by atoms with E-state index in [0.717, 1.165) is 48.4 Å².